The number of esters is 1. The Hall–Kier alpha value is -2.30. The van der Waals surface area contributed by atoms with E-state index in [2.05, 4.69) is 0 Å². The Labute approximate surface area is 102 Å². The Kier molecular flexibility index (Phi) is 2.33. The minimum atomic E-state index is -0.736. The summed E-state index contributed by atoms with van der Waals surface area (Å²) in [7, 11) is 0. The van der Waals surface area contributed by atoms with E-state index in [9.17, 15) is 14.7 Å². The fourth-order valence-electron chi connectivity index (χ4n) is 2.09. The van der Waals surface area contributed by atoms with Crippen LogP contribution in [0.15, 0.2) is 28.9 Å². The maximum atomic E-state index is 12.2. The van der Waals surface area contributed by atoms with Gasteiger partial charge in [-0.25, -0.2) is 0 Å². The summed E-state index contributed by atoms with van der Waals surface area (Å²) in [5.74, 6) is -0.587. The van der Waals surface area contributed by atoms with E-state index in [4.69, 9.17) is 9.15 Å². The van der Waals surface area contributed by atoms with Gasteiger partial charge in [0.25, 0.3) is 0 Å². The molecule has 1 aliphatic rings. The van der Waals surface area contributed by atoms with Crippen molar-refractivity contribution in [1.29, 1.82) is 0 Å². The van der Waals surface area contributed by atoms with Crippen molar-refractivity contribution in [1.82, 2.24) is 0 Å². The quantitative estimate of drug-likeness (QED) is 0.648. The monoisotopic (exact) mass is 246 g/mol. The second-order valence-electron chi connectivity index (χ2n) is 4.21. The van der Waals surface area contributed by atoms with Gasteiger partial charge in [-0.3, -0.25) is 9.59 Å². The molecule has 2 aromatic rings. The maximum absolute atomic E-state index is 12.2. The van der Waals surface area contributed by atoms with Gasteiger partial charge < -0.3 is 14.3 Å². The van der Waals surface area contributed by atoms with Crippen LogP contribution in [-0.4, -0.2) is 23.0 Å². The largest absolute Gasteiger partial charge is 0.508 e. The molecule has 0 aliphatic carbocycles. The Bertz CT molecular complexity index is 640. The third-order valence-corrected chi connectivity index (χ3v) is 3.00. The molecule has 1 aromatic carbocycles. The summed E-state index contributed by atoms with van der Waals surface area (Å²) in [6.45, 7) is 0. The van der Waals surface area contributed by atoms with Gasteiger partial charge in [0.2, 0.25) is 5.78 Å². The first-order valence-electron chi connectivity index (χ1n) is 5.59. The minimum Gasteiger partial charge on any atom is -0.508 e. The van der Waals surface area contributed by atoms with Crippen LogP contribution in [0, 0.1) is 0 Å². The van der Waals surface area contributed by atoms with Gasteiger partial charge in [0.15, 0.2) is 6.10 Å². The zero-order chi connectivity index (χ0) is 12.7. The molecule has 1 fully saturated rings. The molecular weight excluding hydrogens is 236 g/mol. The van der Waals surface area contributed by atoms with Crippen molar-refractivity contribution in [3.05, 3.63) is 30.0 Å². The zero-order valence-corrected chi connectivity index (χ0v) is 9.38. The molecule has 92 valence electrons. The van der Waals surface area contributed by atoms with E-state index in [0.717, 1.165) is 0 Å². The molecule has 0 amide bonds. The van der Waals surface area contributed by atoms with Gasteiger partial charge in [0.1, 0.15) is 17.6 Å². The van der Waals surface area contributed by atoms with Crippen molar-refractivity contribution >= 4 is 22.7 Å². The Balaban J connectivity index is 2.01. The van der Waals surface area contributed by atoms with Crippen molar-refractivity contribution in [2.45, 2.75) is 18.9 Å². The summed E-state index contributed by atoms with van der Waals surface area (Å²) < 4.78 is 10.2. The molecule has 0 bridgehead atoms. The number of hydrogen-bond acceptors (Lipinski definition) is 5. The molecule has 1 N–H and O–H groups in total. The number of carbonyl (C=O) groups is 2. The van der Waals surface area contributed by atoms with Gasteiger partial charge >= 0.3 is 5.97 Å². The van der Waals surface area contributed by atoms with Crippen LogP contribution in [0.3, 0.4) is 0 Å². The van der Waals surface area contributed by atoms with Gasteiger partial charge in [0.05, 0.1) is 5.56 Å². The lowest BCUT2D eigenvalue weighted by Crippen LogP contribution is -2.19. The molecule has 1 aliphatic heterocycles. The Morgan fingerprint density at radius 3 is 2.94 bits per heavy atom. The number of carbonyl (C=O) groups excluding carboxylic acids is 2. The molecule has 1 unspecified atom stereocenters. The first-order chi connectivity index (χ1) is 8.65. The minimum absolute atomic E-state index is 0.0568. The van der Waals surface area contributed by atoms with Crippen LogP contribution in [0.5, 0.6) is 5.75 Å². The summed E-state index contributed by atoms with van der Waals surface area (Å²) in [6.07, 6.45) is 1.25. The van der Waals surface area contributed by atoms with Crippen LogP contribution in [0.25, 0.3) is 11.0 Å². The van der Waals surface area contributed by atoms with Crippen molar-refractivity contribution in [3.63, 3.8) is 0 Å². The standard InChI is InChI=1S/C13H10O5/c14-7-1-2-10-8(5-7)9(6-17-10)13(16)11-3-4-12(15)18-11/h1-2,5-6,11,14H,3-4H2. The van der Waals surface area contributed by atoms with Crippen molar-refractivity contribution in [2.24, 2.45) is 0 Å². The highest BCUT2D eigenvalue weighted by atomic mass is 16.6. The average molecular weight is 246 g/mol. The lowest BCUT2D eigenvalue weighted by Gasteiger charge is -2.06. The number of cyclic esters (lactones) is 1. The van der Waals surface area contributed by atoms with Crippen LogP contribution in [0.4, 0.5) is 0 Å². The number of hydrogen-bond donors (Lipinski definition) is 1. The van der Waals surface area contributed by atoms with E-state index >= 15 is 0 Å². The van der Waals surface area contributed by atoms with E-state index < -0.39 is 6.10 Å². The number of aromatic hydroxyl groups is 1. The molecule has 0 radical (unpaired) electrons. The van der Waals surface area contributed by atoms with Crippen LogP contribution in [0.2, 0.25) is 0 Å². The number of benzene rings is 1. The van der Waals surface area contributed by atoms with Crippen molar-refractivity contribution in [3.8, 4) is 5.75 Å². The summed E-state index contributed by atoms with van der Waals surface area (Å²) in [4.78, 5) is 23.2. The van der Waals surface area contributed by atoms with Crippen molar-refractivity contribution < 1.29 is 23.8 Å². The molecule has 1 atom stereocenters. The van der Waals surface area contributed by atoms with Gasteiger partial charge in [0, 0.05) is 18.2 Å². The number of ketones is 1. The zero-order valence-electron chi connectivity index (χ0n) is 9.38. The van der Waals surface area contributed by atoms with Crippen LogP contribution < -0.4 is 0 Å². The van der Waals surface area contributed by atoms with E-state index in [-0.39, 0.29) is 23.9 Å². The lowest BCUT2D eigenvalue weighted by atomic mass is 10.0. The molecule has 1 aromatic heterocycles. The molecule has 0 spiro atoms. The molecule has 2 heterocycles. The first-order valence-corrected chi connectivity index (χ1v) is 5.59. The molecular formula is C13H10O5. The predicted octanol–water partition coefficient (Wildman–Crippen LogP) is 2.03. The number of fused-ring (bicyclic) bond motifs is 1. The molecule has 3 rings (SSSR count). The van der Waals surface area contributed by atoms with Crippen LogP contribution >= 0.6 is 0 Å². The van der Waals surface area contributed by atoms with Crippen molar-refractivity contribution in [2.75, 3.05) is 0 Å². The third-order valence-electron chi connectivity index (χ3n) is 3.00. The first kappa shape index (κ1) is 10.8. The second-order valence-corrected chi connectivity index (χ2v) is 4.21. The Morgan fingerprint density at radius 1 is 1.39 bits per heavy atom. The average Bonchev–Trinajstić information content (AvgIpc) is 2.94. The van der Waals surface area contributed by atoms with E-state index in [0.29, 0.717) is 23.0 Å². The number of Topliss-reactive ketones (excluding diaryl/α,β-unsaturated/α-hetero) is 1. The van der Waals surface area contributed by atoms with Gasteiger partial charge in [-0.2, -0.15) is 0 Å². The lowest BCUT2D eigenvalue weighted by molar-refractivity contribution is -0.140. The highest BCUT2D eigenvalue weighted by Crippen LogP contribution is 2.28. The highest BCUT2D eigenvalue weighted by molar-refractivity contribution is 6.10. The van der Waals surface area contributed by atoms with Gasteiger partial charge in [-0.1, -0.05) is 0 Å². The van der Waals surface area contributed by atoms with E-state index in [1.165, 1.54) is 18.4 Å². The number of furan rings is 1. The fourth-order valence-corrected chi connectivity index (χ4v) is 2.09. The topological polar surface area (TPSA) is 76.7 Å². The summed E-state index contributed by atoms with van der Waals surface area (Å²) >= 11 is 0. The highest BCUT2D eigenvalue weighted by Gasteiger charge is 2.32. The predicted molar refractivity (Wildman–Crippen MR) is 61.3 cm³/mol. The van der Waals surface area contributed by atoms with E-state index in [1.54, 1.807) is 6.07 Å². The third kappa shape index (κ3) is 1.64. The van der Waals surface area contributed by atoms with E-state index in [1.807, 2.05) is 0 Å². The fraction of sp³-hybridized carbons (Fsp3) is 0.231. The SMILES string of the molecule is O=C1CCC(C(=O)c2coc3ccc(O)cc23)O1. The molecule has 5 nitrogen and oxygen atoms in total. The van der Waals surface area contributed by atoms with Crippen LogP contribution in [-0.2, 0) is 9.53 Å². The van der Waals surface area contributed by atoms with Gasteiger partial charge in [-0.15, -0.1) is 0 Å². The smallest absolute Gasteiger partial charge is 0.306 e. The molecule has 5 heteroatoms. The normalized spacial score (nSPS) is 19.1. The van der Waals surface area contributed by atoms with Gasteiger partial charge in [-0.05, 0) is 18.2 Å². The number of phenolic OH excluding ortho intramolecular Hbond substituents is 1. The Morgan fingerprint density at radius 2 is 2.22 bits per heavy atom. The number of phenols is 1. The molecule has 1 saturated heterocycles. The second kappa shape index (κ2) is 3.87. The maximum Gasteiger partial charge on any atom is 0.306 e. The summed E-state index contributed by atoms with van der Waals surface area (Å²) in [5, 5.41) is 9.95. The van der Waals surface area contributed by atoms with Crippen LogP contribution in [0.1, 0.15) is 23.2 Å². The number of rotatable bonds is 2. The molecule has 0 saturated carbocycles. The number of ether oxygens (including phenoxy) is 1. The molecule has 18 heavy (non-hydrogen) atoms. The summed E-state index contributed by atoms with van der Waals surface area (Å²) in [5.41, 5.74) is 0.848. The summed E-state index contributed by atoms with van der Waals surface area (Å²) in [6, 6.07) is 4.53.